The number of benzene rings is 1. The Kier molecular flexibility index (Phi) is 4.06. The lowest BCUT2D eigenvalue weighted by atomic mass is 9.86. The van der Waals surface area contributed by atoms with Gasteiger partial charge in [0, 0.05) is 18.0 Å². The molecule has 0 saturated carbocycles. The van der Waals surface area contributed by atoms with E-state index in [0.29, 0.717) is 18.7 Å². The van der Waals surface area contributed by atoms with Gasteiger partial charge >= 0.3 is 6.18 Å². The van der Waals surface area contributed by atoms with Gasteiger partial charge in [-0.25, -0.2) is 0 Å². The van der Waals surface area contributed by atoms with E-state index in [1.165, 1.54) is 19.1 Å². The Bertz CT molecular complexity index is 748. The average molecular weight is 326 g/mol. The summed E-state index contributed by atoms with van der Waals surface area (Å²) in [5, 5.41) is 5.59. The fourth-order valence-corrected chi connectivity index (χ4v) is 3.15. The first-order valence-electron chi connectivity index (χ1n) is 7.44. The highest BCUT2D eigenvalue weighted by Crippen LogP contribution is 2.36. The second-order valence-electron chi connectivity index (χ2n) is 5.92. The summed E-state index contributed by atoms with van der Waals surface area (Å²) in [6.07, 6.45) is -2.85. The van der Waals surface area contributed by atoms with Gasteiger partial charge in [0.05, 0.1) is 5.56 Å². The van der Waals surface area contributed by atoms with E-state index in [9.17, 15) is 18.0 Å². The normalized spacial score (nSPS) is 22.3. The number of alkyl halides is 3. The maximum Gasteiger partial charge on any atom is 0.416 e. The van der Waals surface area contributed by atoms with E-state index in [2.05, 4.69) is 10.5 Å². The molecule has 0 spiro atoms. The van der Waals surface area contributed by atoms with Crippen LogP contribution in [0.1, 0.15) is 47.3 Å². The van der Waals surface area contributed by atoms with Crippen molar-refractivity contribution in [3.63, 3.8) is 0 Å². The number of aromatic amines is 1. The van der Waals surface area contributed by atoms with Gasteiger partial charge in [-0.15, -0.1) is 0 Å². The first-order chi connectivity index (χ1) is 10.8. The number of hydrogen-bond donors (Lipinski definition) is 2. The van der Waals surface area contributed by atoms with Crippen molar-refractivity contribution in [2.24, 2.45) is 0 Å². The van der Waals surface area contributed by atoms with Crippen LogP contribution < -0.4 is 10.9 Å². The predicted octanol–water partition coefficient (Wildman–Crippen LogP) is 3.50. The molecule has 0 aliphatic carbocycles. The summed E-state index contributed by atoms with van der Waals surface area (Å²) < 4.78 is 43.7. The third kappa shape index (κ3) is 3.34. The first kappa shape index (κ1) is 15.9. The highest BCUT2D eigenvalue weighted by molar-refractivity contribution is 5.35. The summed E-state index contributed by atoms with van der Waals surface area (Å²) in [5.74, 6) is 0.674. The standard InChI is InChI=1S/C16H17F3N2O2/c1-9-6-10(2-3-12(9)16(17,18)19)13-7-11(4-5-20-13)14-8-15(22)21-23-14/h2-3,6,8,11,13,20H,4-5,7H2,1H3,(H,21,22)/t11-,13+/m1/s1. The first-order valence-corrected chi connectivity index (χ1v) is 7.44. The van der Waals surface area contributed by atoms with Gasteiger partial charge in [0.2, 0.25) is 0 Å². The number of rotatable bonds is 2. The maximum atomic E-state index is 12.8. The van der Waals surface area contributed by atoms with Crippen LogP contribution >= 0.6 is 0 Å². The molecule has 124 valence electrons. The van der Waals surface area contributed by atoms with Crippen molar-refractivity contribution >= 4 is 0 Å². The van der Waals surface area contributed by atoms with E-state index >= 15 is 0 Å². The SMILES string of the molecule is Cc1cc([C@@H]2C[C@H](c3cc(=O)[nH]o3)CCN2)ccc1C(F)(F)F. The van der Waals surface area contributed by atoms with E-state index in [-0.39, 0.29) is 23.1 Å². The van der Waals surface area contributed by atoms with Gasteiger partial charge < -0.3 is 9.84 Å². The number of aromatic nitrogens is 1. The molecule has 0 radical (unpaired) electrons. The van der Waals surface area contributed by atoms with Gasteiger partial charge in [0.25, 0.3) is 5.56 Å². The molecule has 1 aliphatic heterocycles. The molecule has 1 saturated heterocycles. The second kappa shape index (κ2) is 5.88. The minimum atomic E-state index is -4.33. The van der Waals surface area contributed by atoms with Gasteiger partial charge in [0.1, 0.15) is 5.76 Å². The molecular weight excluding hydrogens is 309 g/mol. The molecule has 0 bridgehead atoms. The Morgan fingerprint density at radius 2 is 2.04 bits per heavy atom. The van der Waals surface area contributed by atoms with Gasteiger partial charge in [-0.3, -0.25) is 4.79 Å². The summed E-state index contributed by atoms with van der Waals surface area (Å²) in [6, 6.07) is 5.60. The number of piperidine rings is 1. The van der Waals surface area contributed by atoms with Crippen molar-refractivity contribution in [1.29, 1.82) is 0 Å². The molecule has 2 aromatic rings. The van der Waals surface area contributed by atoms with Crippen LogP contribution in [0.2, 0.25) is 0 Å². The number of halogens is 3. The lowest BCUT2D eigenvalue weighted by molar-refractivity contribution is -0.138. The largest absolute Gasteiger partial charge is 0.416 e. The van der Waals surface area contributed by atoms with Crippen LogP contribution in [0.25, 0.3) is 0 Å². The van der Waals surface area contributed by atoms with Crippen LogP contribution in [-0.2, 0) is 6.18 Å². The third-order valence-corrected chi connectivity index (χ3v) is 4.31. The molecule has 1 fully saturated rings. The summed E-state index contributed by atoms with van der Waals surface area (Å²) in [4.78, 5) is 11.2. The number of nitrogens with one attached hydrogen (secondary N) is 2. The highest BCUT2D eigenvalue weighted by atomic mass is 19.4. The molecular formula is C16H17F3N2O2. The Hall–Kier alpha value is -2.02. The molecule has 3 rings (SSSR count). The number of hydrogen-bond acceptors (Lipinski definition) is 3. The summed E-state index contributed by atoms with van der Waals surface area (Å²) in [7, 11) is 0. The molecule has 2 heterocycles. The average Bonchev–Trinajstić information content (AvgIpc) is 2.92. The fourth-order valence-electron chi connectivity index (χ4n) is 3.15. The van der Waals surface area contributed by atoms with E-state index in [0.717, 1.165) is 18.1 Å². The molecule has 4 nitrogen and oxygen atoms in total. The molecule has 7 heteroatoms. The molecule has 2 N–H and O–H groups in total. The quantitative estimate of drug-likeness (QED) is 0.888. The summed E-state index contributed by atoms with van der Waals surface area (Å²) in [6.45, 7) is 2.18. The summed E-state index contributed by atoms with van der Waals surface area (Å²) >= 11 is 0. The zero-order chi connectivity index (χ0) is 16.6. The fraction of sp³-hybridized carbons (Fsp3) is 0.438. The van der Waals surface area contributed by atoms with Gasteiger partial charge in [-0.1, -0.05) is 12.1 Å². The van der Waals surface area contributed by atoms with Crippen molar-refractivity contribution in [3.05, 3.63) is 57.1 Å². The Balaban J connectivity index is 1.81. The maximum absolute atomic E-state index is 12.8. The molecule has 0 amide bonds. The van der Waals surface area contributed by atoms with Crippen molar-refractivity contribution in [1.82, 2.24) is 10.5 Å². The monoisotopic (exact) mass is 326 g/mol. The van der Waals surface area contributed by atoms with Crippen molar-refractivity contribution in [3.8, 4) is 0 Å². The van der Waals surface area contributed by atoms with E-state index < -0.39 is 11.7 Å². The number of aryl methyl sites for hydroxylation is 1. The minimum Gasteiger partial charge on any atom is -0.383 e. The smallest absolute Gasteiger partial charge is 0.383 e. The van der Waals surface area contributed by atoms with Crippen LogP contribution in [0.15, 0.2) is 33.6 Å². The second-order valence-corrected chi connectivity index (χ2v) is 5.92. The van der Waals surface area contributed by atoms with Crippen LogP contribution in [0, 0.1) is 6.92 Å². The van der Waals surface area contributed by atoms with Crippen LogP contribution in [0.5, 0.6) is 0 Å². The van der Waals surface area contributed by atoms with Gasteiger partial charge in [-0.05, 0) is 43.5 Å². The Labute approximate surface area is 130 Å². The Morgan fingerprint density at radius 3 is 2.65 bits per heavy atom. The van der Waals surface area contributed by atoms with Crippen molar-refractivity contribution in [2.75, 3.05) is 6.54 Å². The van der Waals surface area contributed by atoms with E-state index in [1.807, 2.05) is 0 Å². The molecule has 23 heavy (non-hydrogen) atoms. The van der Waals surface area contributed by atoms with Crippen LogP contribution in [0.4, 0.5) is 13.2 Å². The van der Waals surface area contributed by atoms with E-state index in [1.54, 1.807) is 6.07 Å². The zero-order valence-corrected chi connectivity index (χ0v) is 12.5. The highest BCUT2D eigenvalue weighted by Gasteiger charge is 2.33. The van der Waals surface area contributed by atoms with Gasteiger partial charge in [0.15, 0.2) is 0 Å². The molecule has 2 atom stereocenters. The molecule has 1 aromatic heterocycles. The molecule has 1 aliphatic rings. The van der Waals surface area contributed by atoms with Crippen LogP contribution in [-0.4, -0.2) is 11.7 Å². The van der Waals surface area contributed by atoms with Crippen molar-refractivity contribution < 1.29 is 17.7 Å². The number of H-pyrrole nitrogens is 1. The lowest BCUT2D eigenvalue weighted by Gasteiger charge is -2.29. The topological polar surface area (TPSA) is 58.0 Å². The van der Waals surface area contributed by atoms with Gasteiger partial charge in [-0.2, -0.15) is 18.3 Å². The summed E-state index contributed by atoms with van der Waals surface area (Å²) in [5.41, 5.74) is 0.149. The minimum absolute atomic E-state index is 0.0602. The zero-order valence-electron chi connectivity index (χ0n) is 12.5. The molecule has 0 unspecified atom stereocenters. The van der Waals surface area contributed by atoms with Crippen LogP contribution in [0.3, 0.4) is 0 Å². The Morgan fingerprint density at radius 1 is 1.26 bits per heavy atom. The third-order valence-electron chi connectivity index (χ3n) is 4.31. The lowest BCUT2D eigenvalue weighted by Crippen LogP contribution is -2.31. The van der Waals surface area contributed by atoms with Crippen molar-refractivity contribution in [2.45, 2.75) is 37.9 Å². The molecule has 1 aromatic carbocycles. The predicted molar refractivity (Wildman–Crippen MR) is 78.2 cm³/mol. The van der Waals surface area contributed by atoms with E-state index in [4.69, 9.17) is 4.52 Å².